The SMILES string of the molecule is COc1ccc(C2(C(=O)N3CC[C@@H](F)C3)CCCCC2)cc1. The van der Waals surface area contributed by atoms with Gasteiger partial charge in [0.2, 0.25) is 5.91 Å². The van der Waals surface area contributed by atoms with Crippen molar-refractivity contribution in [1.82, 2.24) is 4.90 Å². The van der Waals surface area contributed by atoms with Crippen LogP contribution in [0.25, 0.3) is 0 Å². The molecule has 2 fully saturated rings. The molecule has 0 aromatic heterocycles. The van der Waals surface area contributed by atoms with E-state index in [1.807, 2.05) is 24.3 Å². The van der Waals surface area contributed by atoms with Crippen molar-refractivity contribution in [3.05, 3.63) is 29.8 Å². The Morgan fingerprint density at radius 3 is 2.45 bits per heavy atom. The van der Waals surface area contributed by atoms with Crippen LogP contribution in [0, 0.1) is 0 Å². The smallest absolute Gasteiger partial charge is 0.233 e. The summed E-state index contributed by atoms with van der Waals surface area (Å²) in [6.07, 6.45) is 4.65. The molecule has 1 saturated heterocycles. The van der Waals surface area contributed by atoms with Crippen molar-refractivity contribution in [2.24, 2.45) is 0 Å². The third-order valence-corrected chi connectivity index (χ3v) is 5.18. The van der Waals surface area contributed by atoms with Crippen molar-refractivity contribution in [2.75, 3.05) is 20.2 Å². The molecule has 3 rings (SSSR count). The molecule has 1 aromatic carbocycles. The maximum absolute atomic E-state index is 13.5. The van der Waals surface area contributed by atoms with Crippen LogP contribution in [0.4, 0.5) is 4.39 Å². The molecule has 2 aliphatic rings. The number of ether oxygens (including phenoxy) is 1. The van der Waals surface area contributed by atoms with E-state index in [4.69, 9.17) is 4.74 Å². The standard InChI is InChI=1S/C18H24FNO2/c1-22-16-7-5-14(6-8-16)18(10-3-2-4-11-18)17(21)20-12-9-15(19)13-20/h5-8,15H,2-4,9-13H2,1H3/t15-/m1/s1. The summed E-state index contributed by atoms with van der Waals surface area (Å²) in [6.45, 7) is 0.814. The van der Waals surface area contributed by atoms with Gasteiger partial charge in [-0.3, -0.25) is 4.79 Å². The fourth-order valence-electron chi connectivity index (χ4n) is 3.90. The highest BCUT2D eigenvalue weighted by atomic mass is 19.1. The van der Waals surface area contributed by atoms with E-state index in [0.29, 0.717) is 13.0 Å². The fourth-order valence-corrected chi connectivity index (χ4v) is 3.90. The molecular weight excluding hydrogens is 281 g/mol. The lowest BCUT2D eigenvalue weighted by atomic mass is 9.68. The average molecular weight is 305 g/mol. The van der Waals surface area contributed by atoms with Gasteiger partial charge in [0.15, 0.2) is 0 Å². The highest BCUT2D eigenvalue weighted by Crippen LogP contribution is 2.42. The van der Waals surface area contributed by atoms with Crippen LogP contribution in [-0.2, 0) is 10.2 Å². The second kappa shape index (κ2) is 6.27. The Kier molecular flexibility index (Phi) is 4.37. The number of hydrogen-bond acceptors (Lipinski definition) is 2. The number of benzene rings is 1. The molecule has 120 valence electrons. The lowest BCUT2D eigenvalue weighted by molar-refractivity contribution is -0.138. The zero-order chi connectivity index (χ0) is 15.6. The van der Waals surface area contributed by atoms with Crippen LogP contribution in [0.2, 0.25) is 0 Å². The summed E-state index contributed by atoms with van der Waals surface area (Å²) in [4.78, 5) is 14.9. The highest BCUT2D eigenvalue weighted by Gasteiger charge is 2.44. The molecule has 0 radical (unpaired) electrons. The van der Waals surface area contributed by atoms with E-state index < -0.39 is 11.6 Å². The number of rotatable bonds is 3. The Morgan fingerprint density at radius 2 is 1.91 bits per heavy atom. The molecule has 1 saturated carbocycles. The quantitative estimate of drug-likeness (QED) is 0.856. The van der Waals surface area contributed by atoms with Crippen LogP contribution in [0.5, 0.6) is 5.75 Å². The number of carbonyl (C=O) groups is 1. The summed E-state index contributed by atoms with van der Waals surface area (Å²) in [5.74, 6) is 0.921. The van der Waals surface area contributed by atoms with E-state index in [1.165, 1.54) is 6.42 Å². The number of nitrogens with zero attached hydrogens (tertiary/aromatic N) is 1. The maximum Gasteiger partial charge on any atom is 0.233 e. The first-order valence-electron chi connectivity index (χ1n) is 8.24. The summed E-state index contributed by atoms with van der Waals surface area (Å²) >= 11 is 0. The molecule has 0 N–H and O–H groups in total. The summed E-state index contributed by atoms with van der Waals surface area (Å²) < 4.78 is 18.7. The van der Waals surface area contributed by atoms with Gasteiger partial charge in [-0.25, -0.2) is 4.39 Å². The monoisotopic (exact) mass is 305 g/mol. The maximum atomic E-state index is 13.5. The molecule has 3 nitrogen and oxygen atoms in total. The highest BCUT2D eigenvalue weighted by molar-refractivity contribution is 5.88. The second-order valence-electron chi connectivity index (χ2n) is 6.51. The molecule has 0 bridgehead atoms. The van der Waals surface area contributed by atoms with E-state index in [1.54, 1.807) is 12.0 Å². The zero-order valence-electron chi connectivity index (χ0n) is 13.2. The van der Waals surface area contributed by atoms with Gasteiger partial charge in [0.25, 0.3) is 0 Å². The Morgan fingerprint density at radius 1 is 1.23 bits per heavy atom. The number of methoxy groups -OCH3 is 1. The molecule has 4 heteroatoms. The molecule has 1 aliphatic heterocycles. The lowest BCUT2D eigenvalue weighted by Gasteiger charge is -2.39. The minimum atomic E-state index is -0.861. The first-order valence-corrected chi connectivity index (χ1v) is 8.24. The topological polar surface area (TPSA) is 29.5 Å². The Labute approximate surface area is 131 Å². The Bertz CT molecular complexity index is 522. The van der Waals surface area contributed by atoms with Gasteiger partial charge in [0.05, 0.1) is 19.1 Å². The van der Waals surface area contributed by atoms with Gasteiger partial charge < -0.3 is 9.64 Å². The number of hydrogen-bond donors (Lipinski definition) is 0. The van der Waals surface area contributed by atoms with Gasteiger partial charge >= 0.3 is 0 Å². The summed E-state index contributed by atoms with van der Waals surface area (Å²) in [6, 6.07) is 7.85. The number of carbonyl (C=O) groups excluding carboxylic acids is 1. The van der Waals surface area contributed by atoms with Gasteiger partial charge in [-0.05, 0) is 37.0 Å². The number of amides is 1. The summed E-state index contributed by atoms with van der Waals surface area (Å²) in [5.41, 5.74) is 0.592. The van der Waals surface area contributed by atoms with Gasteiger partial charge in [-0.15, -0.1) is 0 Å². The van der Waals surface area contributed by atoms with Crippen LogP contribution in [0.1, 0.15) is 44.1 Å². The molecule has 1 amide bonds. The van der Waals surface area contributed by atoms with E-state index in [9.17, 15) is 9.18 Å². The van der Waals surface area contributed by atoms with Gasteiger partial charge in [-0.1, -0.05) is 31.4 Å². The second-order valence-corrected chi connectivity index (χ2v) is 6.51. The normalized spacial score (nSPS) is 24.3. The van der Waals surface area contributed by atoms with Crippen molar-refractivity contribution >= 4 is 5.91 Å². The minimum Gasteiger partial charge on any atom is -0.497 e. The first kappa shape index (κ1) is 15.3. The predicted octanol–water partition coefficient (Wildman–Crippen LogP) is 3.47. The van der Waals surface area contributed by atoms with Crippen LogP contribution in [0.3, 0.4) is 0 Å². The third-order valence-electron chi connectivity index (χ3n) is 5.18. The lowest BCUT2D eigenvalue weighted by Crippen LogP contribution is -2.47. The number of halogens is 1. The van der Waals surface area contributed by atoms with E-state index in [2.05, 4.69) is 0 Å². The molecule has 1 aromatic rings. The predicted molar refractivity (Wildman–Crippen MR) is 83.9 cm³/mol. The minimum absolute atomic E-state index is 0.123. The van der Waals surface area contributed by atoms with E-state index in [-0.39, 0.29) is 12.5 Å². The Balaban J connectivity index is 1.91. The average Bonchev–Trinajstić information content (AvgIpc) is 3.01. The molecule has 1 heterocycles. The molecular formula is C18H24FNO2. The van der Waals surface area contributed by atoms with Crippen molar-refractivity contribution in [1.29, 1.82) is 0 Å². The first-order chi connectivity index (χ1) is 10.7. The van der Waals surface area contributed by atoms with Crippen LogP contribution < -0.4 is 4.74 Å². The van der Waals surface area contributed by atoms with Gasteiger partial charge in [-0.2, -0.15) is 0 Å². The van der Waals surface area contributed by atoms with Crippen molar-refractivity contribution in [2.45, 2.75) is 50.1 Å². The molecule has 0 unspecified atom stereocenters. The summed E-state index contributed by atoms with van der Waals surface area (Å²) in [7, 11) is 1.64. The van der Waals surface area contributed by atoms with E-state index in [0.717, 1.165) is 37.0 Å². The number of likely N-dealkylation sites (tertiary alicyclic amines) is 1. The Hall–Kier alpha value is -1.58. The number of alkyl halides is 1. The van der Waals surface area contributed by atoms with Crippen molar-refractivity contribution in [3.63, 3.8) is 0 Å². The van der Waals surface area contributed by atoms with Gasteiger partial charge in [0, 0.05) is 6.54 Å². The van der Waals surface area contributed by atoms with Crippen LogP contribution in [0.15, 0.2) is 24.3 Å². The zero-order valence-corrected chi connectivity index (χ0v) is 13.2. The fraction of sp³-hybridized carbons (Fsp3) is 0.611. The molecule has 22 heavy (non-hydrogen) atoms. The van der Waals surface area contributed by atoms with Crippen molar-refractivity contribution in [3.8, 4) is 5.75 Å². The largest absolute Gasteiger partial charge is 0.497 e. The van der Waals surface area contributed by atoms with Crippen molar-refractivity contribution < 1.29 is 13.9 Å². The van der Waals surface area contributed by atoms with Gasteiger partial charge in [0.1, 0.15) is 11.9 Å². The van der Waals surface area contributed by atoms with Crippen LogP contribution in [-0.4, -0.2) is 37.2 Å². The summed E-state index contributed by atoms with van der Waals surface area (Å²) in [5, 5.41) is 0. The molecule has 1 aliphatic carbocycles. The molecule has 1 atom stereocenters. The van der Waals surface area contributed by atoms with E-state index >= 15 is 0 Å². The third kappa shape index (κ3) is 2.71. The van der Waals surface area contributed by atoms with Crippen LogP contribution >= 0.6 is 0 Å². The molecule has 0 spiro atoms.